The maximum absolute atomic E-state index is 12.6. The highest BCUT2D eigenvalue weighted by atomic mass is 19.4. The van der Waals surface area contributed by atoms with Gasteiger partial charge in [0.15, 0.2) is 0 Å². The van der Waals surface area contributed by atoms with E-state index in [-0.39, 0.29) is 0 Å². The third kappa shape index (κ3) is 5.51. The van der Waals surface area contributed by atoms with Gasteiger partial charge >= 0.3 is 6.18 Å². The number of rotatable bonds is 7. The van der Waals surface area contributed by atoms with Crippen molar-refractivity contribution >= 4 is 0 Å². The molecule has 2 nitrogen and oxygen atoms in total. The van der Waals surface area contributed by atoms with Crippen molar-refractivity contribution in [3.05, 3.63) is 35.4 Å². The van der Waals surface area contributed by atoms with Crippen molar-refractivity contribution in [3.8, 4) is 0 Å². The first kappa shape index (κ1) is 17.0. The molecule has 20 heavy (non-hydrogen) atoms. The molecule has 0 aliphatic carbocycles. The Morgan fingerprint density at radius 2 is 1.95 bits per heavy atom. The smallest absolute Gasteiger partial charge is 0.387 e. The predicted octanol–water partition coefficient (Wildman–Crippen LogP) is 3.86. The SMILES string of the molecule is CCCCCN(C)CC(O)c1cccc(C(F)(F)F)c1. The first-order valence-corrected chi connectivity index (χ1v) is 6.88. The molecule has 1 N–H and O–H groups in total. The van der Waals surface area contributed by atoms with Crippen LogP contribution in [0.2, 0.25) is 0 Å². The molecule has 0 amide bonds. The summed E-state index contributed by atoms with van der Waals surface area (Å²) in [6, 6.07) is 4.89. The fourth-order valence-electron chi connectivity index (χ4n) is 2.05. The fourth-order valence-corrected chi connectivity index (χ4v) is 2.05. The summed E-state index contributed by atoms with van der Waals surface area (Å²) in [5.41, 5.74) is -0.412. The van der Waals surface area contributed by atoms with Gasteiger partial charge in [0.05, 0.1) is 11.7 Å². The standard InChI is InChI=1S/C15H22F3NO/c1-3-4-5-9-19(2)11-14(20)12-7-6-8-13(10-12)15(16,17)18/h6-8,10,14,20H,3-5,9,11H2,1-2H3. The van der Waals surface area contributed by atoms with Crippen LogP contribution < -0.4 is 0 Å². The normalized spacial score (nSPS) is 13.8. The summed E-state index contributed by atoms with van der Waals surface area (Å²) >= 11 is 0. The average molecular weight is 289 g/mol. The van der Waals surface area contributed by atoms with Crippen molar-refractivity contribution in [3.63, 3.8) is 0 Å². The van der Waals surface area contributed by atoms with Crippen LogP contribution in [0.15, 0.2) is 24.3 Å². The van der Waals surface area contributed by atoms with Crippen LogP contribution in [0.25, 0.3) is 0 Å². The number of nitrogens with zero attached hydrogens (tertiary/aromatic N) is 1. The Morgan fingerprint density at radius 1 is 1.25 bits per heavy atom. The number of likely N-dealkylation sites (N-methyl/N-ethyl adjacent to an activating group) is 1. The Balaban J connectivity index is 2.61. The topological polar surface area (TPSA) is 23.5 Å². The summed E-state index contributed by atoms with van der Waals surface area (Å²) in [7, 11) is 1.87. The minimum Gasteiger partial charge on any atom is -0.387 e. The van der Waals surface area contributed by atoms with Gasteiger partial charge in [0.2, 0.25) is 0 Å². The molecule has 0 saturated carbocycles. The largest absolute Gasteiger partial charge is 0.416 e. The minimum atomic E-state index is -4.37. The third-order valence-corrected chi connectivity index (χ3v) is 3.23. The predicted molar refractivity (Wildman–Crippen MR) is 73.4 cm³/mol. The molecule has 1 aromatic rings. The van der Waals surface area contributed by atoms with E-state index in [1.165, 1.54) is 12.1 Å². The molecule has 1 unspecified atom stereocenters. The van der Waals surface area contributed by atoms with Crippen LogP contribution in [0.1, 0.15) is 43.4 Å². The first-order valence-electron chi connectivity index (χ1n) is 6.88. The van der Waals surface area contributed by atoms with Crippen molar-refractivity contribution < 1.29 is 18.3 Å². The lowest BCUT2D eigenvalue weighted by molar-refractivity contribution is -0.137. The molecule has 0 aromatic heterocycles. The van der Waals surface area contributed by atoms with Crippen molar-refractivity contribution in [2.24, 2.45) is 0 Å². The molecular weight excluding hydrogens is 267 g/mol. The van der Waals surface area contributed by atoms with Gasteiger partial charge in [0.25, 0.3) is 0 Å². The lowest BCUT2D eigenvalue weighted by atomic mass is 10.1. The number of hydrogen-bond donors (Lipinski definition) is 1. The number of benzene rings is 1. The number of aliphatic hydroxyl groups is 1. The first-order chi connectivity index (χ1) is 9.34. The highest BCUT2D eigenvalue weighted by Crippen LogP contribution is 2.30. The van der Waals surface area contributed by atoms with Gasteiger partial charge in [-0.1, -0.05) is 31.9 Å². The summed E-state index contributed by atoms with van der Waals surface area (Å²) in [6.07, 6.45) is -2.01. The lowest BCUT2D eigenvalue weighted by Gasteiger charge is -2.21. The summed E-state index contributed by atoms with van der Waals surface area (Å²) < 4.78 is 37.8. The van der Waals surface area contributed by atoms with E-state index in [1.54, 1.807) is 0 Å². The third-order valence-electron chi connectivity index (χ3n) is 3.23. The van der Waals surface area contributed by atoms with Gasteiger partial charge in [-0.25, -0.2) is 0 Å². The zero-order valence-corrected chi connectivity index (χ0v) is 12.0. The summed E-state index contributed by atoms with van der Waals surface area (Å²) in [5, 5.41) is 10.0. The van der Waals surface area contributed by atoms with Gasteiger partial charge in [-0.05, 0) is 37.7 Å². The molecule has 0 spiro atoms. The molecular formula is C15H22F3NO. The van der Waals surface area contributed by atoms with Crippen LogP contribution in [-0.2, 0) is 6.18 Å². The van der Waals surface area contributed by atoms with E-state index >= 15 is 0 Å². The molecule has 0 radical (unpaired) electrons. The highest BCUT2D eigenvalue weighted by molar-refractivity contribution is 5.27. The van der Waals surface area contributed by atoms with Crippen LogP contribution in [-0.4, -0.2) is 30.1 Å². The fraction of sp³-hybridized carbons (Fsp3) is 0.600. The Kier molecular flexibility index (Phi) is 6.49. The number of unbranched alkanes of at least 4 members (excludes halogenated alkanes) is 2. The molecule has 1 aromatic carbocycles. The van der Waals surface area contributed by atoms with E-state index in [0.717, 1.165) is 37.9 Å². The molecule has 5 heteroatoms. The number of hydrogen-bond acceptors (Lipinski definition) is 2. The molecule has 0 saturated heterocycles. The second kappa shape index (κ2) is 7.64. The van der Waals surface area contributed by atoms with Gasteiger partial charge < -0.3 is 10.0 Å². The number of halogens is 3. The average Bonchev–Trinajstić information content (AvgIpc) is 2.38. The van der Waals surface area contributed by atoms with Gasteiger partial charge in [0.1, 0.15) is 0 Å². The van der Waals surface area contributed by atoms with Gasteiger partial charge in [-0.3, -0.25) is 0 Å². The van der Waals surface area contributed by atoms with Gasteiger partial charge in [0, 0.05) is 6.54 Å². The quantitative estimate of drug-likeness (QED) is 0.770. The summed E-state index contributed by atoms with van der Waals surface area (Å²) in [5.74, 6) is 0. The number of alkyl halides is 3. The van der Waals surface area contributed by atoms with Crippen molar-refractivity contribution in [2.75, 3.05) is 20.1 Å². The van der Waals surface area contributed by atoms with Crippen LogP contribution in [0.4, 0.5) is 13.2 Å². The van der Waals surface area contributed by atoms with Crippen LogP contribution >= 0.6 is 0 Å². The molecule has 0 aliphatic heterocycles. The zero-order chi connectivity index (χ0) is 15.2. The Labute approximate surface area is 118 Å². The molecule has 1 atom stereocenters. The van der Waals surface area contributed by atoms with E-state index in [0.29, 0.717) is 12.1 Å². The van der Waals surface area contributed by atoms with Crippen LogP contribution in [0, 0.1) is 0 Å². The van der Waals surface area contributed by atoms with Gasteiger partial charge in [-0.15, -0.1) is 0 Å². The van der Waals surface area contributed by atoms with E-state index in [9.17, 15) is 18.3 Å². The molecule has 0 aliphatic rings. The van der Waals surface area contributed by atoms with Crippen LogP contribution in [0.5, 0.6) is 0 Å². The van der Waals surface area contributed by atoms with Crippen molar-refractivity contribution in [1.29, 1.82) is 0 Å². The Bertz CT molecular complexity index is 406. The van der Waals surface area contributed by atoms with E-state index in [2.05, 4.69) is 6.92 Å². The number of aliphatic hydroxyl groups excluding tert-OH is 1. The minimum absolute atomic E-state index is 0.308. The van der Waals surface area contributed by atoms with E-state index < -0.39 is 17.8 Å². The monoisotopic (exact) mass is 289 g/mol. The lowest BCUT2D eigenvalue weighted by Crippen LogP contribution is -2.25. The zero-order valence-electron chi connectivity index (χ0n) is 12.0. The Hall–Kier alpha value is -1.07. The molecule has 114 valence electrons. The summed E-state index contributed by atoms with van der Waals surface area (Å²) in [6.45, 7) is 3.28. The molecule has 1 rings (SSSR count). The molecule has 0 bridgehead atoms. The maximum Gasteiger partial charge on any atom is 0.416 e. The summed E-state index contributed by atoms with van der Waals surface area (Å²) in [4.78, 5) is 1.95. The Morgan fingerprint density at radius 3 is 2.55 bits per heavy atom. The maximum atomic E-state index is 12.6. The van der Waals surface area contributed by atoms with Crippen molar-refractivity contribution in [2.45, 2.75) is 38.5 Å². The van der Waals surface area contributed by atoms with E-state index in [1.807, 2.05) is 11.9 Å². The second-order valence-electron chi connectivity index (χ2n) is 5.11. The van der Waals surface area contributed by atoms with Crippen molar-refractivity contribution in [1.82, 2.24) is 4.90 Å². The second-order valence-corrected chi connectivity index (χ2v) is 5.11. The van der Waals surface area contributed by atoms with E-state index in [4.69, 9.17) is 0 Å². The highest BCUT2D eigenvalue weighted by Gasteiger charge is 2.30. The van der Waals surface area contributed by atoms with Gasteiger partial charge in [-0.2, -0.15) is 13.2 Å². The van der Waals surface area contributed by atoms with Crippen LogP contribution in [0.3, 0.4) is 0 Å². The molecule has 0 fully saturated rings. The molecule has 0 heterocycles.